The molecule has 1 heterocycles. The Morgan fingerprint density at radius 3 is 2.08 bits per heavy atom. The van der Waals surface area contributed by atoms with E-state index in [4.69, 9.17) is 4.98 Å². The number of benzene rings is 5. The lowest BCUT2D eigenvalue weighted by Crippen LogP contribution is -2.37. The molecule has 0 N–H and O–H groups in total. The van der Waals surface area contributed by atoms with Gasteiger partial charge in [-0.15, -0.1) is 0 Å². The molecule has 6 aromatic rings. The predicted molar refractivity (Wildman–Crippen MR) is 155 cm³/mol. The zero-order valence-electron chi connectivity index (χ0n) is 20.7. The summed E-state index contributed by atoms with van der Waals surface area (Å²) in [6, 6.07) is 36.8. The molecule has 6 rings (SSSR count). The van der Waals surface area contributed by atoms with Crippen LogP contribution >= 0.6 is 0 Å². The van der Waals surface area contributed by atoms with E-state index in [9.17, 15) is 5.26 Å². The number of hydrogen-bond donors (Lipinski definition) is 0. The van der Waals surface area contributed by atoms with Crippen molar-refractivity contribution in [1.82, 2.24) is 4.98 Å². The molecule has 0 saturated carbocycles. The summed E-state index contributed by atoms with van der Waals surface area (Å²) in [4.78, 5) is 4.75. The normalized spacial score (nSPS) is 11.7. The van der Waals surface area contributed by atoms with Gasteiger partial charge in [0, 0.05) is 17.1 Å². The van der Waals surface area contributed by atoms with E-state index in [1.807, 2.05) is 30.5 Å². The Kier molecular flexibility index (Phi) is 5.21. The molecule has 0 spiro atoms. The quantitative estimate of drug-likeness (QED) is 0.189. The van der Waals surface area contributed by atoms with Gasteiger partial charge in [0.1, 0.15) is 0 Å². The topological polar surface area (TPSA) is 36.7 Å². The first-order chi connectivity index (χ1) is 17.4. The predicted octanol–water partition coefficient (Wildman–Crippen LogP) is 8.29. The summed E-state index contributed by atoms with van der Waals surface area (Å²) in [5.74, 6) is 0. The molecule has 0 saturated heterocycles. The minimum absolute atomic E-state index is 0.674. The molecule has 3 heteroatoms. The standard InChI is InChI=1S/C33H26N2Si/c1-36(2,3)28-12-8-22(9-13-28)23-10-14-30-25(18-23)11-15-32-31(30)16-17-35-33(32)26-19-24-6-4-5-7-29(24)27(20-26)21-34/h4-20H,1-3H3. The molecule has 1 aromatic heterocycles. The van der Waals surface area contributed by atoms with Crippen molar-refractivity contribution in [2.45, 2.75) is 19.6 Å². The largest absolute Gasteiger partial charge is 0.256 e. The lowest BCUT2D eigenvalue weighted by Gasteiger charge is -2.17. The molecule has 0 bridgehead atoms. The van der Waals surface area contributed by atoms with Crippen LogP contribution in [0.25, 0.3) is 54.7 Å². The summed E-state index contributed by atoms with van der Waals surface area (Å²) < 4.78 is 0. The van der Waals surface area contributed by atoms with Gasteiger partial charge in [-0.1, -0.05) is 97.6 Å². The zero-order valence-corrected chi connectivity index (χ0v) is 21.7. The molecule has 0 unspecified atom stereocenters. The van der Waals surface area contributed by atoms with Gasteiger partial charge in [-0.3, -0.25) is 4.98 Å². The molecule has 0 aliphatic carbocycles. The summed E-state index contributed by atoms with van der Waals surface area (Å²) in [6.07, 6.45) is 1.88. The first kappa shape index (κ1) is 22.2. The van der Waals surface area contributed by atoms with Crippen LogP contribution in [-0.4, -0.2) is 13.1 Å². The highest BCUT2D eigenvalue weighted by molar-refractivity contribution is 6.88. The second-order valence-electron chi connectivity index (χ2n) is 10.4. The number of nitrogens with zero attached hydrogens (tertiary/aromatic N) is 2. The van der Waals surface area contributed by atoms with Crippen molar-refractivity contribution in [3.05, 3.63) is 109 Å². The molecule has 0 fully saturated rings. The Labute approximate surface area is 212 Å². The van der Waals surface area contributed by atoms with E-state index in [1.165, 1.54) is 32.5 Å². The minimum Gasteiger partial charge on any atom is -0.256 e. The maximum Gasteiger partial charge on any atom is 0.0998 e. The second kappa shape index (κ2) is 8.44. The third-order valence-corrected chi connectivity index (χ3v) is 9.17. The van der Waals surface area contributed by atoms with Crippen LogP contribution in [0.4, 0.5) is 0 Å². The summed E-state index contributed by atoms with van der Waals surface area (Å²) in [5.41, 5.74) is 5.02. The summed E-state index contributed by atoms with van der Waals surface area (Å²) in [5, 5.41) is 18.0. The Hall–Kier alpha value is -4.26. The highest BCUT2D eigenvalue weighted by Gasteiger charge is 2.16. The number of hydrogen-bond acceptors (Lipinski definition) is 2. The second-order valence-corrected chi connectivity index (χ2v) is 15.5. The molecule has 0 aliphatic rings. The lowest BCUT2D eigenvalue weighted by atomic mass is 9.94. The van der Waals surface area contributed by atoms with Crippen LogP contribution in [0.5, 0.6) is 0 Å². The maximum absolute atomic E-state index is 9.77. The van der Waals surface area contributed by atoms with Crippen molar-refractivity contribution in [3.8, 4) is 28.5 Å². The zero-order chi connectivity index (χ0) is 24.9. The molecular formula is C33H26N2Si. The molecule has 5 aromatic carbocycles. The summed E-state index contributed by atoms with van der Waals surface area (Å²) >= 11 is 0. The van der Waals surface area contributed by atoms with Crippen LogP contribution in [-0.2, 0) is 0 Å². The van der Waals surface area contributed by atoms with E-state index < -0.39 is 8.07 Å². The van der Waals surface area contributed by atoms with E-state index in [0.29, 0.717) is 5.56 Å². The molecule has 0 atom stereocenters. The first-order valence-corrected chi connectivity index (χ1v) is 15.8. The van der Waals surface area contributed by atoms with Crippen molar-refractivity contribution in [3.63, 3.8) is 0 Å². The highest BCUT2D eigenvalue weighted by atomic mass is 28.3. The van der Waals surface area contributed by atoms with E-state index in [2.05, 4.69) is 98.5 Å². The van der Waals surface area contributed by atoms with Gasteiger partial charge >= 0.3 is 0 Å². The molecule has 0 amide bonds. The van der Waals surface area contributed by atoms with Gasteiger partial charge in [-0.25, -0.2) is 0 Å². The van der Waals surface area contributed by atoms with Gasteiger partial charge in [0.25, 0.3) is 0 Å². The SMILES string of the molecule is C[Si](C)(C)c1ccc(-c2ccc3c(ccc4c(-c5cc(C#N)c6ccccc6c5)nccc43)c2)cc1. The van der Waals surface area contributed by atoms with E-state index in [0.717, 1.165) is 27.4 Å². The number of nitriles is 1. The van der Waals surface area contributed by atoms with Crippen LogP contribution in [0.15, 0.2) is 103 Å². The number of aromatic nitrogens is 1. The molecule has 0 radical (unpaired) electrons. The Balaban J connectivity index is 1.48. The van der Waals surface area contributed by atoms with Crippen LogP contribution < -0.4 is 5.19 Å². The lowest BCUT2D eigenvalue weighted by molar-refractivity contribution is 1.36. The maximum atomic E-state index is 9.77. The summed E-state index contributed by atoms with van der Waals surface area (Å²) in [7, 11) is -1.31. The van der Waals surface area contributed by atoms with Crippen LogP contribution in [0.1, 0.15) is 5.56 Å². The number of rotatable bonds is 3. The molecule has 36 heavy (non-hydrogen) atoms. The fraction of sp³-hybridized carbons (Fsp3) is 0.0909. The molecule has 172 valence electrons. The average molecular weight is 479 g/mol. The van der Waals surface area contributed by atoms with Gasteiger partial charge in [0.05, 0.1) is 25.4 Å². The summed E-state index contributed by atoms with van der Waals surface area (Å²) in [6.45, 7) is 7.14. The van der Waals surface area contributed by atoms with E-state index >= 15 is 0 Å². The van der Waals surface area contributed by atoms with Crippen LogP contribution in [0.2, 0.25) is 19.6 Å². The Morgan fingerprint density at radius 2 is 1.31 bits per heavy atom. The highest BCUT2D eigenvalue weighted by Crippen LogP contribution is 2.35. The van der Waals surface area contributed by atoms with Crippen molar-refractivity contribution in [2.75, 3.05) is 0 Å². The Bertz CT molecular complexity index is 1820. The Morgan fingerprint density at radius 1 is 0.611 bits per heavy atom. The van der Waals surface area contributed by atoms with Crippen molar-refractivity contribution < 1.29 is 0 Å². The van der Waals surface area contributed by atoms with E-state index in [-0.39, 0.29) is 0 Å². The van der Waals surface area contributed by atoms with Gasteiger partial charge in [-0.2, -0.15) is 5.26 Å². The first-order valence-electron chi connectivity index (χ1n) is 12.3. The number of fused-ring (bicyclic) bond motifs is 4. The minimum atomic E-state index is -1.31. The van der Waals surface area contributed by atoms with Crippen LogP contribution in [0.3, 0.4) is 0 Å². The van der Waals surface area contributed by atoms with Gasteiger partial charge < -0.3 is 0 Å². The third-order valence-electron chi connectivity index (χ3n) is 7.10. The van der Waals surface area contributed by atoms with Crippen molar-refractivity contribution in [1.29, 1.82) is 5.26 Å². The molecular weight excluding hydrogens is 452 g/mol. The van der Waals surface area contributed by atoms with Crippen molar-refractivity contribution >= 4 is 45.6 Å². The smallest absolute Gasteiger partial charge is 0.0998 e. The van der Waals surface area contributed by atoms with E-state index in [1.54, 1.807) is 0 Å². The fourth-order valence-corrected chi connectivity index (χ4v) is 6.27. The molecule has 0 aliphatic heterocycles. The fourth-order valence-electron chi connectivity index (χ4n) is 5.11. The average Bonchev–Trinajstić information content (AvgIpc) is 2.91. The number of pyridine rings is 1. The van der Waals surface area contributed by atoms with Gasteiger partial charge in [-0.05, 0) is 62.3 Å². The van der Waals surface area contributed by atoms with Crippen LogP contribution in [0, 0.1) is 11.3 Å². The van der Waals surface area contributed by atoms with Gasteiger partial charge in [0.15, 0.2) is 0 Å². The third kappa shape index (κ3) is 3.77. The van der Waals surface area contributed by atoms with Crippen molar-refractivity contribution in [2.24, 2.45) is 0 Å². The monoisotopic (exact) mass is 478 g/mol. The molecule has 2 nitrogen and oxygen atoms in total. The van der Waals surface area contributed by atoms with Gasteiger partial charge in [0.2, 0.25) is 0 Å².